The van der Waals surface area contributed by atoms with Crippen molar-refractivity contribution < 1.29 is 5.11 Å². The molecule has 3 heteroatoms. The Morgan fingerprint density at radius 3 is 2.62 bits per heavy atom. The van der Waals surface area contributed by atoms with Crippen LogP contribution in [0.3, 0.4) is 0 Å². The SMILES string of the molecule is Oc1[c]c(-n2cccc2)nc2ccccc12. The third kappa shape index (κ3) is 1.34. The van der Waals surface area contributed by atoms with Gasteiger partial charge in [0.2, 0.25) is 0 Å². The van der Waals surface area contributed by atoms with Gasteiger partial charge < -0.3 is 9.67 Å². The summed E-state index contributed by atoms with van der Waals surface area (Å²) >= 11 is 0. The van der Waals surface area contributed by atoms with Crippen LogP contribution < -0.4 is 0 Å². The van der Waals surface area contributed by atoms with Crippen LogP contribution in [-0.4, -0.2) is 14.7 Å². The van der Waals surface area contributed by atoms with Gasteiger partial charge in [0.1, 0.15) is 11.6 Å². The van der Waals surface area contributed by atoms with Gasteiger partial charge in [-0.05, 0) is 24.3 Å². The van der Waals surface area contributed by atoms with Gasteiger partial charge in [-0.3, -0.25) is 0 Å². The van der Waals surface area contributed by atoms with E-state index in [9.17, 15) is 5.11 Å². The average molecular weight is 209 g/mol. The zero-order valence-electron chi connectivity index (χ0n) is 8.46. The predicted octanol–water partition coefficient (Wildman–Crippen LogP) is 2.53. The van der Waals surface area contributed by atoms with Crippen LogP contribution >= 0.6 is 0 Å². The molecule has 0 amide bonds. The first-order valence-corrected chi connectivity index (χ1v) is 4.99. The zero-order valence-corrected chi connectivity index (χ0v) is 8.46. The van der Waals surface area contributed by atoms with Gasteiger partial charge in [0.05, 0.1) is 11.6 Å². The molecule has 1 N–H and O–H groups in total. The normalized spacial score (nSPS) is 10.8. The lowest BCUT2D eigenvalue weighted by atomic mass is 10.2. The van der Waals surface area contributed by atoms with E-state index >= 15 is 0 Å². The van der Waals surface area contributed by atoms with Crippen molar-refractivity contribution in [3.8, 4) is 11.6 Å². The molecular formula is C13H9N2O. The second kappa shape index (κ2) is 3.38. The van der Waals surface area contributed by atoms with Crippen LogP contribution in [0.2, 0.25) is 0 Å². The molecule has 0 spiro atoms. The van der Waals surface area contributed by atoms with E-state index in [0.717, 1.165) is 10.9 Å². The van der Waals surface area contributed by atoms with E-state index in [0.29, 0.717) is 5.82 Å². The number of hydrogen-bond donors (Lipinski definition) is 1. The lowest BCUT2D eigenvalue weighted by Gasteiger charge is -2.05. The van der Waals surface area contributed by atoms with E-state index in [1.165, 1.54) is 0 Å². The number of benzene rings is 1. The number of aromatic nitrogens is 2. The summed E-state index contributed by atoms with van der Waals surface area (Å²) < 4.78 is 1.81. The fraction of sp³-hybridized carbons (Fsp3) is 0. The van der Waals surface area contributed by atoms with Crippen molar-refractivity contribution in [3.05, 3.63) is 54.9 Å². The quantitative estimate of drug-likeness (QED) is 0.668. The Morgan fingerprint density at radius 2 is 1.81 bits per heavy atom. The first-order chi connectivity index (χ1) is 7.84. The molecule has 0 saturated carbocycles. The molecule has 2 aromatic heterocycles. The number of aromatic hydroxyl groups is 1. The summed E-state index contributed by atoms with van der Waals surface area (Å²) in [6.07, 6.45) is 3.74. The van der Waals surface area contributed by atoms with Crippen LogP contribution in [0.15, 0.2) is 48.8 Å². The van der Waals surface area contributed by atoms with E-state index in [-0.39, 0.29) is 5.75 Å². The molecular weight excluding hydrogens is 200 g/mol. The maximum absolute atomic E-state index is 9.84. The predicted molar refractivity (Wildman–Crippen MR) is 61.6 cm³/mol. The second-order valence-electron chi connectivity index (χ2n) is 3.52. The molecule has 0 fully saturated rings. The minimum Gasteiger partial charge on any atom is -0.506 e. The number of hydrogen-bond acceptors (Lipinski definition) is 2. The lowest BCUT2D eigenvalue weighted by Crippen LogP contribution is -1.94. The number of fused-ring (bicyclic) bond motifs is 1. The molecule has 0 atom stereocenters. The largest absolute Gasteiger partial charge is 0.506 e. The molecule has 3 nitrogen and oxygen atoms in total. The Kier molecular flexibility index (Phi) is 1.90. The van der Waals surface area contributed by atoms with Gasteiger partial charge in [-0.1, -0.05) is 12.1 Å². The third-order valence-electron chi connectivity index (χ3n) is 2.46. The summed E-state index contributed by atoms with van der Waals surface area (Å²) in [5, 5.41) is 10.6. The van der Waals surface area contributed by atoms with Crippen molar-refractivity contribution >= 4 is 10.9 Å². The molecule has 0 aliphatic carbocycles. The van der Waals surface area contributed by atoms with Gasteiger partial charge in [0.25, 0.3) is 0 Å². The van der Waals surface area contributed by atoms with Gasteiger partial charge in [-0.15, -0.1) is 0 Å². The molecule has 77 valence electrons. The average Bonchev–Trinajstić information content (AvgIpc) is 2.82. The third-order valence-corrected chi connectivity index (χ3v) is 2.46. The standard InChI is InChI=1S/C13H9N2O/c16-12-9-13(15-7-3-4-8-15)14-11-6-2-1-5-10(11)12/h1-8H,(H,14,16). The van der Waals surface area contributed by atoms with Crippen molar-refractivity contribution in [2.45, 2.75) is 0 Å². The minimum absolute atomic E-state index is 0.134. The zero-order chi connectivity index (χ0) is 11.0. The minimum atomic E-state index is 0.134. The van der Waals surface area contributed by atoms with Crippen molar-refractivity contribution in [2.24, 2.45) is 0 Å². The molecule has 3 aromatic rings. The fourth-order valence-electron chi connectivity index (χ4n) is 1.68. The molecule has 1 radical (unpaired) electrons. The maximum Gasteiger partial charge on any atom is 0.149 e. The van der Waals surface area contributed by atoms with Gasteiger partial charge in [-0.25, -0.2) is 4.98 Å². The molecule has 0 aliphatic rings. The molecule has 0 aliphatic heterocycles. The van der Waals surface area contributed by atoms with Crippen molar-refractivity contribution in [1.29, 1.82) is 0 Å². The highest BCUT2D eigenvalue weighted by atomic mass is 16.3. The summed E-state index contributed by atoms with van der Waals surface area (Å²) in [6.45, 7) is 0. The smallest absolute Gasteiger partial charge is 0.149 e. The van der Waals surface area contributed by atoms with E-state index < -0.39 is 0 Å². The van der Waals surface area contributed by atoms with E-state index in [1.807, 2.05) is 53.4 Å². The van der Waals surface area contributed by atoms with Crippen LogP contribution in [0.1, 0.15) is 0 Å². The molecule has 0 unspecified atom stereocenters. The Hall–Kier alpha value is -2.29. The van der Waals surface area contributed by atoms with Gasteiger partial charge in [0, 0.05) is 17.8 Å². The summed E-state index contributed by atoms with van der Waals surface area (Å²) in [6, 6.07) is 14.1. The number of para-hydroxylation sites is 1. The summed E-state index contributed by atoms with van der Waals surface area (Å²) in [5.41, 5.74) is 0.766. The van der Waals surface area contributed by atoms with Crippen LogP contribution in [0.5, 0.6) is 5.75 Å². The van der Waals surface area contributed by atoms with Crippen LogP contribution in [0, 0.1) is 6.07 Å². The first kappa shape index (κ1) is 8.97. The summed E-state index contributed by atoms with van der Waals surface area (Å²) in [4.78, 5) is 4.43. The molecule has 3 rings (SSSR count). The lowest BCUT2D eigenvalue weighted by molar-refractivity contribution is 0.479. The van der Waals surface area contributed by atoms with Crippen molar-refractivity contribution in [2.75, 3.05) is 0 Å². The fourth-order valence-corrected chi connectivity index (χ4v) is 1.68. The molecule has 0 saturated heterocycles. The highest BCUT2D eigenvalue weighted by Crippen LogP contribution is 2.24. The van der Waals surface area contributed by atoms with Crippen molar-refractivity contribution in [3.63, 3.8) is 0 Å². The van der Waals surface area contributed by atoms with Gasteiger partial charge >= 0.3 is 0 Å². The molecule has 2 heterocycles. The van der Waals surface area contributed by atoms with Gasteiger partial charge in [-0.2, -0.15) is 0 Å². The van der Waals surface area contributed by atoms with Crippen LogP contribution in [0.4, 0.5) is 0 Å². The Balaban J connectivity index is 2.29. The second-order valence-corrected chi connectivity index (χ2v) is 3.52. The maximum atomic E-state index is 9.84. The number of rotatable bonds is 1. The Labute approximate surface area is 92.6 Å². The Bertz CT molecular complexity index is 629. The monoisotopic (exact) mass is 209 g/mol. The topological polar surface area (TPSA) is 38.0 Å². The molecule has 1 aromatic carbocycles. The van der Waals surface area contributed by atoms with Crippen LogP contribution in [0.25, 0.3) is 16.7 Å². The molecule has 0 bridgehead atoms. The summed E-state index contributed by atoms with van der Waals surface area (Å²) in [7, 11) is 0. The highest BCUT2D eigenvalue weighted by Gasteiger charge is 2.05. The van der Waals surface area contributed by atoms with Crippen molar-refractivity contribution in [1.82, 2.24) is 9.55 Å². The highest BCUT2D eigenvalue weighted by molar-refractivity contribution is 5.85. The van der Waals surface area contributed by atoms with E-state index in [1.54, 1.807) is 0 Å². The summed E-state index contributed by atoms with van der Waals surface area (Å²) in [5.74, 6) is 0.732. The van der Waals surface area contributed by atoms with Gasteiger partial charge in [0.15, 0.2) is 0 Å². The Morgan fingerprint density at radius 1 is 1.06 bits per heavy atom. The number of pyridine rings is 1. The van der Waals surface area contributed by atoms with E-state index in [4.69, 9.17) is 0 Å². The van der Waals surface area contributed by atoms with Crippen LogP contribution in [-0.2, 0) is 0 Å². The first-order valence-electron chi connectivity index (χ1n) is 4.99. The van der Waals surface area contributed by atoms with E-state index in [2.05, 4.69) is 11.1 Å². The number of nitrogens with zero attached hydrogens (tertiary/aromatic N) is 2. The molecule has 16 heavy (non-hydrogen) atoms.